The van der Waals surface area contributed by atoms with Crippen LogP contribution in [0.3, 0.4) is 0 Å². The van der Waals surface area contributed by atoms with E-state index < -0.39 is 0 Å². The molecule has 0 bridgehead atoms. The molecule has 1 aliphatic rings. The summed E-state index contributed by atoms with van der Waals surface area (Å²) in [7, 11) is 1.98. The summed E-state index contributed by atoms with van der Waals surface area (Å²) in [6.45, 7) is 6.93. The number of likely N-dealkylation sites (tertiary alicyclic amines) is 1. The van der Waals surface area contributed by atoms with Crippen LogP contribution >= 0.6 is 23.4 Å². The molecule has 0 atom stereocenters. The van der Waals surface area contributed by atoms with Gasteiger partial charge in [0.05, 0.1) is 5.75 Å². The number of hydrogen-bond donors (Lipinski definition) is 1. The molecule has 140 valence electrons. The minimum absolute atomic E-state index is 0.00838. The van der Waals surface area contributed by atoms with E-state index in [-0.39, 0.29) is 5.91 Å². The summed E-state index contributed by atoms with van der Waals surface area (Å²) in [4.78, 5) is 25.1. The van der Waals surface area contributed by atoms with Gasteiger partial charge < -0.3 is 15.1 Å². The highest BCUT2D eigenvalue weighted by Crippen LogP contribution is 2.21. The van der Waals surface area contributed by atoms with Crippen molar-refractivity contribution in [2.45, 2.75) is 37.8 Å². The molecule has 25 heavy (non-hydrogen) atoms. The molecule has 6 nitrogen and oxygen atoms in total. The number of carbonyl (C=O) groups is 1. The van der Waals surface area contributed by atoms with Crippen molar-refractivity contribution >= 4 is 35.1 Å². The number of thioether (sulfide) groups is 1. The second-order valence-electron chi connectivity index (χ2n) is 6.29. The first kappa shape index (κ1) is 20.3. The van der Waals surface area contributed by atoms with Gasteiger partial charge in [-0.3, -0.25) is 4.79 Å². The average Bonchev–Trinajstić information content (AvgIpc) is 2.61. The van der Waals surface area contributed by atoms with Gasteiger partial charge in [-0.1, -0.05) is 36.7 Å². The van der Waals surface area contributed by atoms with Crippen molar-refractivity contribution in [2.24, 2.45) is 0 Å². The summed E-state index contributed by atoms with van der Waals surface area (Å²) < 4.78 is 0. The Bertz CT molecular complexity index is 554. The molecule has 0 aromatic carbocycles. The normalized spacial score (nSPS) is 15.2. The molecule has 1 aromatic rings. The number of hydrogen-bond acceptors (Lipinski definition) is 6. The summed E-state index contributed by atoms with van der Waals surface area (Å²) in [5, 5.41) is 3.91. The molecule has 2 heterocycles. The SMILES string of the molecule is CCCN(C)c1cc(Cl)nc(SCC(=O)NCCN2CCCCC2)n1. The Morgan fingerprint density at radius 1 is 1.36 bits per heavy atom. The van der Waals surface area contributed by atoms with Gasteiger partial charge in [-0.25, -0.2) is 9.97 Å². The topological polar surface area (TPSA) is 61.4 Å². The molecule has 0 radical (unpaired) electrons. The molecule has 1 aliphatic heterocycles. The fraction of sp³-hybridized carbons (Fsp3) is 0.706. The summed E-state index contributed by atoms with van der Waals surface area (Å²) in [6, 6.07) is 1.75. The van der Waals surface area contributed by atoms with E-state index in [1.165, 1.54) is 31.0 Å². The van der Waals surface area contributed by atoms with Crippen molar-refractivity contribution in [3.63, 3.8) is 0 Å². The fourth-order valence-corrected chi connectivity index (χ4v) is 3.72. The van der Waals surface area contributed by atoms with Crippen molar-refractivity contribution in [1.29, 1.82) is 0 Å². The first-order valence-corrected chi connectivity index (χ1v) is 10.3. The highest BCUT2D eigenvalue weighted by Gasteiger charge is 2.12. The molecular weight excluding hydrogens is 358 g/mol. The standard InChI is InChI=1S/C17H28ClN5OS/c1-3-8-22(2)15-12-14(18)20-17(21-15)25-13-16(24)19-7-11-23-9-5-4-6-10-23/h12H,3-11,13H2,1-2H3,(H,19,24). The monoisotopic (exact) mass is 385 g/mol. The third kappa shape index (κ3) is 7.38. The maximum absolute atomic E-state index is 12.0. The molecule has 0 unspecified atom stereocenters. The number of halogens is 1. The van der Waals surface area contributed by atoms with Gasteiger partial charge in [0, 0.05) is 32.7 Å². The molecule has 1 N–H and O–H groups in total. The number of aromatic nitrogens is 2. The molecule has 1 fully saturated rings. The maximum Gasteiger partial charge on any atom is 0.230 e. The maximum atomic E-state index is 12.0. The van der Waals surface area contributed by atoms with E-state index in [9.17, 15) is 4.79 Å². The van der Waals surface area contributed by atoms with E-state index in [1.807, 2.05) is 11.9 Å². The van der Waals surface area contributed by atoms with E-state index in [0.717, 1.165) is 38.4 Å². The molecule has 0 spiro atoms. The Labute approximate surface area is 159 Å². The molecule has 1 amide bonds. The first-order valence-electron chi connectivity index (χ1n) is 8.96. The number of anilines is 1. The highest BCUT2D eigenvalue weighted by atomic mass is 35.5. The number of nitrogens with zero attached hydrogens (tertiary/aromatic N) is 4. The predicted molar refractivity (Wildman–Crippen MR) is 105 cm³/mol. The van der Waals surface area contributed by atoms with E-state index in [1.54, 1.807) is 6.07 Å². The Morgan fingerprint density at radius 2 is 2.12 bits per heavy atom. The van der Waals surface area contributed by atoms with Gasteiger partial charge >= 0.3 is 0 Å². The lowest BCUT2D eigenvalue weighted by Gasteiger charge is -2.26. The summed E-state index contributed by atoms with van der Waals surface area (Å²) >= 11 is 7.40. The smallest absolute Gasteiger partial charge is 0.230 e. The first-order chi connectivity index (χ1) is 12.1. The molecule has 0 aliphatic carbocycles. The number of amides is 1. The van der Waals surface area contributed by atoms with Crippen LogP contribution in [0.4, 0.5) is 5.82 Å². The summed E-state index contributed by atoms with van der Waals surface area (Å²) in [5.41, 5.74) is 0. The third-order valence-electron chi connectivity index (χ3n) is 4.14. The van der Waals surface area contributed by atoms with Crippen molar-refractivity contribution in [3.8, 4) is 0 Å². The molecule has 1 saturated heterocycles. The zero-order valence-corrected chi connectivity index (χ0v) is 16.7. The van der Waals surface area contributed by atoms with Crippen LogP contribution in [0.2, 0.25) is 5.15 Å². The quantitative estimate of drug-likeness (QED) is 0.400. The van der Waals surface area contributed by atoms with Crippen LogP contribution in [0.25, 0.3) is 0 Å². The number of piperidine rings is 1. The van der Waals surface area contributed by atoms with Gasteiger partial charge in [0.15, 0.2) is 5.16 Å². The van der Waals surface area contributed by atoms with Crippen LogP contribution in [0.5, 0.6) is 0 Å². The minimum atomic E-state index is 0.00838. The van der Waals surface area contributed by atoms with Crippen molar-refractivity contribution < 1.29 is 4.79 Å². The lowest BCUT2D eigenvalue weighted by atomic mass is 10.1. The molecular formula is C17H28ClN5OS. The van der Waals surface area contributed by atoms with Crippen molar-refractivity contribution in [3.05, 3.63) is 11.2 Å². The summed E-state index contributed by atoms with van der Waals surface area (Å²) in [5.74, 6) is 1.10. The van der Waals surface area contributed by atoms with Crippen LogP contribution in [0.15, 0.2) is 11.2 Å². The largest absolute Gasteiger partial charge is 0.360 e. The van der Waals surface area contributed by atoms with E-state index >= 15 is 0 Å². The van der Waals surface area contributed by atoms with Gasteiger partial charge in [-0.15, -0.1) is 0 Å². The summed E-state index contributed by atoms with van der Waals surface area (Å²) in [6.07, 6.45) is 4.89. The number of nitrogens with one attached hydrogen (secondary N) is 1. The minimum Gasteiger partial charge on any atom is -0.360 e. The van der Waals surface area contributed by atoms with Crippen molar-refractivity contribution in [2.75, 3.05) is 50.4 Å². The van der Waals surface area contributed by atoms with Gasteiger partial charge in [0.2, 0.25) is 5.91 Å². The second kappa shape index (κ2) is 10.8. The third-order valence-corrected chi connectivity index (χ3v) is 5.18. The zero-order valence-electron chi connectivity index (χ0n) is 15.1. The van der Waals surface area contributed by atoms with E-state index in [2.05, 4.69) is 27.1 Å². The van der Waals surface area contributed by atoms with Gasteiger partial charge in [-0.05, 0) is 32.4 Å². The molecule has 0 saturated carbocycles. The Hall–Kier alpha value is -1.05. The lowest BCUT2D eigenvalue weighted by molar-refractivity contribution is -0.118. The molecule has 1 aromatic heterocycles. The second-order valence-corrected chi connectivity index (χ2v) is 7.62. The van der Waals surface area contributed by atoms with Gasteiger partial charge in [0.1, 0.15) is 11.0 Å². The fourth-order valence-electron chi connectivity index (χ4n) is 2.81. The van der Waals surface area contributed by atoms with Gasteiger partial charge in [-0.2, -0.15) is 0 Å². The van der Waals surface area contributed by atoms with Crippen LogP contribution in [0, 0.1) is 0 Å². The lowest BCUT2D eigenvalue weighted by Crippen LogP contribution is -2.38. The van der Waals surface area contributed by atoms with Crippen LogP contribution in [0.1, 0.15) is 32.6 Å². The number of carbonyl (C=O) groups excluding carboxylic acids is 1. The van der Waals surface area contributed by atoms with Crippen molar-refractivity contribution in [1.82, 2.24) is 20.2 Å². The van der Waals surface area contributed by atoms with E-state index in [0.29, 0.717) is 22.6 Å². The predicted octanol–water partition coefficient (Wildman–Crippen LogP) is 2.67. The number of rotatable bonds is 9. The van der Waals surface area contributed by atoms with Crippen LogP contribution < -0.4 is 10.2 Å². The Morgan fingerprint density at radius 3 is 2.84 bits per heavy atom. The highest BCUT2D eigenvalue weighted by molar-refractivity contribution is 7.99. The van der Waals surface area contributed by atoms with Gasteiger partial charge in [0.25, 0.3) is 0 Å². The average molecular weight is 386 g/mol. The van der Waals surface area contributed by atoms with E-state index in [4.69, 9.17) is 11.6 Å². The Kier molecular flexibility index (Phi) is 8.78. The molecule has 8 heteroatoms. The van der Waals surface area contributed by atoms with Crippen LogP contribution in [-0.2, 0) is 4.79 Å². The Balaban J connectivity index is 1.74. The van der Waals surface area contributed by atoms with Crippen LogP contribution in [-0.4, -0.2) is 66.3 Å². The molecule has 2 rings (SSSR count). The zero-order chi connectivity index (χ0) is 18.1.